The number of hydrogen-bond donors (Lipinski definition) is 0. The van der Waals surface area contributed by atoms with Crippen molar-refractivity contribution in [3.63, 3.8) is 0 Å². The highest BCUT2D eigenvalue weighted by molar-refractivity contribution is 5.74. The second-order valence-corrected chi connectivity index (χ2v) is 5.20. The van der Waals surface area contributed by atoms with Gasteiger partial charge in [-0.1, -0.05) is 28.9 Å². The molecule has 1 amide bonds. The minimum atomic E-state index is -0.0708. The molecule has 1 fully saturated rings. The minimum Gasteiger partial charge on any atom is -0.337 e. The van der Waals surface area contributed by atoms with Crippen molar-refractivity contribution < 1.29 is 9.32 Å². The van der Waals surface area contributed by atoms with Gasteiger partial charge in [0.15, 0.2) is 0 Å². The van der Waals surface area contributed by atoms with Gasteiger partial charge in [0.05, 0.1) is 0 Å². The van der Waals surface area contributed by atoms with Gasteiger partial charge in [-0.3, -0.25) is 4.79 Å². The van der Waals surface area contributed by atoms with Crippen LogP contribution in [-0.2, 0) is 4.79 Å². The van der Waals surface area contributed by atoms with Gasteiger partial charge in [0, 0.05) is 19.0 Å². The Morgan fingerprint density at radius 3 is 3.05 bits per heavy atom. The Kier molecular flexibility index (Phi) is 3.26. The summed E-state index contributed by atoms with van der Waals surface area (Å²) in [5.41, 5.74) is 2.09. The highest BCUT2D eigenvalue weighted by Gasteiger charge is 2.32. The summed E-state index contributed by atoms with van der Waals surface area (Å²) in [5, 5.41) is 4.04. The zero-order valence-electron chi connectivity index (χ0n) is 11.7. The van der Waals surface area contributed by atoms with E-state index in [-0.39, 0.29) is 11.9 Å². The second-order valence-electron chi connectivity index (χ2n) is 5.20. The van der Waals surface area contributed by atoms with Crippen LogP contribution in [0.4, 0.5) is 0 Å². The van der Waals surface area contributed by atoms with Crippen molar-refractivity contribution >= 4 is 5.91 Å². The molecule has 1 aromatic heterocycles. The number of nitrogens with zero attached hydrogens (tertiary/aromatic N) is 3. The molecule has 5 heteroatoms. The number of likely N-dealkylation sites (tertiary alicyclic amines) is 1. The van der Waals surface area contributed by atoms with Crippen molar-refractivity contribution in [1.82, 2.24) is 15.0 Å². The average molecular weight is 271 g/mol. The molecule has 0 N–H and O–H groups in total. The van der Waals surface area contributed by atoms with Crippen LogP contribution in [0.1, 0.15) is 37.3 Å². The highest BCUT2D eigenvalue weighted by Crippen LogP contribution is 2.31. The van der Waals surface area contributed by atoms with Gasteiger partial charge in [-0.05, 0) is 25.8 Å². The molecule has 0 aliphatic carbocycles. The van der Waals surface area contributed by atoms with E-state index in [0.717, 1.165) is 30.5 Å². The van der Waals surface area contributed by atoms with Crippen molar-refractivity contribution in [2.24, 2.45) is 0 Å². The largest absolute Gasteiger partial charge is 0.337 e. The molecule has 1 saturated heterocycles. The Labute approximate surface area is 117 Å². The molecule has 0 saturated carbocycles. The lowest BCUT2D eigenvalue weighted by Crippen LogP contribution is -2.28. The van der Waals surface area contributed by atoms with Gasteiger partial charge >= 0.3 is 0 Å². The van der Waals surface area contributed by atoms with Crippen LogP contribution < -0.4 is 0 Å². The number of rotatable bonds is 2. The molecule has 0 spiro atoms. The van der Waals surface area contributed by atoms with Gasteiger partial charge in [-0.15, -0.1) is 0 Å². The number of amides is 1. The molecule has 1 aliphatic heterocycles. The molecule has 0 bridgehead atoms. The number of aryl methyl sites for hydroxylation is 1. The van der Waals surface area contributed by atoms with E-state index in [9.17, 15) is 4.79 Å². The molecule has 2 aromatic rings. The second kappa shape index (κ2) is 5.07. The standard InChI is InChI=1S/C15H17N3O2/c1-10-5-3-6-12(9-10)14-16-15(20-17-14)13-7-4-8-18(13)11(2)19/h3,5-6,9,13H,4,7-8H2,1-2H3. The van der Waals surface area contributed by atoms with Crippen LogP contribution >= 0.6 is 0 Å². The van der Waals surface area contributed by atoms with Crippen molar-refractivity contribution in [2.45, 2.75) is 32.7 Å². The van der Waals surface area contributed by atoms with E-state index in [4.69, 9.17) is 4.52 Å². The molecule has 20 heavy (non-hydrogen) atoms. The molecule has 1 aliphatic rings. The first-order valence-electron chi connectivity index (χ1n) is 6.83. The summed E-state index contributed by atoms with van der Waals surface area (Å²) in [4.78, 5) is 17.9. The maximum absolute atomic E-state index is 11.6. The van der Waals surface area contributed by atoms with Crippen molar-refractivity contribution in [1.29, 1.82) is 0 Å². The zero-order valence-corrected chi connectivity index (χ0v) is 11.7. The van der Waals surface area contributed by atoms with Crippen LogP contribution in [0.5, 0.6) is 0 Å². The van der Waals surface area contributed by atoms with E-state index < -0.39 is 0 Å². The molecule has 2 heterocycles. The normalized spacial score (nSPS) is 18.5. The van der Waals surface area contributed by atoms with Crippen LogP contribution in [-0.4, -0.2) is 27.5 Å². The van der Waals surface area contributed by atoms with Crippen LogP contribution in [0.3, 0.4) is 0 Å². The summed E-state index contributed by atoms with van der Waals surface area (Å²) in [6.45, 7) is 4.37. The minimum absolute atomic E-state index is 0.0582. The van der Waals surface area contributed by atoms with Crippen LogP contribution in [0.2, 0.25) is 0 Å². The van der Waals surface area contributed by atoms with E-state index in [2.05, 4.69) is 10.1 Å². The number of benzene rings is 1. The molecule has 5 nitrogen and oxygen atoms in total. The van der Waals surface area contributed by atoms with Gasteiger partial charge < -0.3 is 9.42 Å². The maximum Gasteiger partial charge on any atom is 0.249 e. The Morgan fingerprint density at radius 2 is 2.30 bits per heavy atom. The summed E-state index contributed by atoms with van der Waals surface area (Å²) in [7, 11) is 0. The van der Waals surface area contributed by atoms with Crippen LogP contribution in [0.15, 0.2) is 28.8 Å². The van der Waals surface area contributed by atoms with Crippen molar-refractivity contribution in [3.8, 4) is 11.4 Å². The highest BCUT2D eigenvalue weighted by atomic mass is 16.5. The molecule has 1 aromatic carbocycles. The topological polar surface area (TPSA) is 59.2 Å². The molecule has 1 atom stereocenters. The molecule has 3 rings (SSSR count). The third-order valence-electron chi connectivity index (χ3n) is 3.66. The fraction of sp³-hybridized carbons (Fsp3) is 0.400. The molecule has 0 radical (unpaired) electrons. The van der Waals surface area contributed by atoms with E-state index >= 15 is 0 Å². The summed E-state index contributed by atoms with van der Waals surface area (Å²) in [6.07, 6.45) is 1.86. The quantitative estimate of drug-likeness (QED) is 0.842. The Bertz CT molecular complexity index is 636. The average Bonchev–Trinajstić information content (AvgIpc) is 3.07. The van der Waals surface area contributed by atoms with Crippen LogP contribution in [0, 0.1) is 6.92 Å². The Hall–Kier alpha value is -2.17. The van der Waals surface area contributed by atoms with Gasteiger partial charge in [0.2, 0.25) is 17.6 Å². The molecular formula is C15H17N3O2. The monoisotopic (exact) mass is 271 g/mol. The third kappa shape index (κ3) is 2.31. The van der Waals surface area contributed by atoms with E-state index in [1.807, 2.05) is 31.2 Å². The predicted octanol–water partition coefficient (Wildman–Crippen LogP) is 2.73. The van der Waals surface area contributed by atoms with E-state index in [0.29, 0.717) is 11.7 Å². The number of aromatic nitrogens is 2. The summed E-state index contributed by atoms with van der Waals surface area (Å²) in [6, 6.07) is 7.90. The first kappa shape index (κ1) is 12.8. The van der Waals surface area contributed by atoms with Crippen LogP contribution in [0.25, 0.3) is 11.4 Å². The lowest BCUT2D eigenvalue weighted by molar-refractivity contribution is -0.130. The first-order valence-corrected chi connectivity index (χ1v) is 6.83. The van der Waals surface area contributed by atoms with Crippen molar-refractivity contribution in [2.75, 3.05) is 6.54 Å². The van der Waals surface area contributed by atoms with Gasteiger partial charge in [-0.25, -0.2) is 0 Å². The third-order valence-corrected chi connectivity index (χ3v) is 3.66. The summed E-state index contributed by atoms with van der Waals surface area (Å²) < 4.78 is 5.37. The SMILES string of the molecule is CC(=O)N1CCCC1c1nc(-c2cccc(C)c2)no1. The van der Waals surface area contributed by atoms with E-state index in [1.54, 1.807) is 11.8 Å². The van der Waals surface area contributed by atoms with E-state index in [1.165, 1.54) is 0 Å². The lowest BCUT2D eigenvalue weighted by atomic mass is 10.1. The van der Waals surface area contributed by atoms with Gasteiger partial charge in [0.1, 0.15) is 6.04 Å². The molecule has 1 unspecified atom stereocenters. The van der Waals surface area contributed by atoms with Gasteiger partial charge in [0.25, 0.3) is 0 Å². The smallest absolute Gasteiger partial charge is 0.249 e. The molecule has 104 valence electrons. The Morgan fingerprint density at radius 1 is 1.45 bits per heavy atom. The fourth-order valence-corrected chi connectivity index (χ4v) is 2.67. The first-order chi connectivity index (χ1) is 9.65. The fourth-order valence-electron chi connectivity index (χ4n) is 2.67. The van der Waals surface area contributed by atoms with Crippen molar-refractivity contribution in [3.05, 3.63) is 35.7 Å². The lowest BCUT2D eigenvalue weighted by Gasteiger charge is -2.19. The van der Waals surface area contributed by atoms with Gasteiger partial charge in [-0.2, -0.15) is 4.98 Å². The number of carbonyl (C=O) groups excluding carboxylic acids is 1. The summed E-state index contributed by atoms with van der Waals surface area (Å²) in [5.74, 6) is 1.18. The summed E-state index contributed by atoms with van der Waals surface area (Å²) >= 11 is 0. The maximum atomic E-state index is 11.6. The number of hydrogen-bond acceptors (Lipinski definition) is 4. The zero-order chi connectivity index (χ0) is 14.1. The predicted molar refractivity (Wildman–Crippen MR) is 73.8 cm³/mol. The Balaban J connectivity index is 1.89. The number of carbonyl (C=O) groups is 1. The molecular weight excluding hydrogens is 254 g/mol.